The molecule has 1 saturated carbocycles. The lowest BCUT2D eigenvalue weighted by molar-refractivity contribution is -0.122. The van der Waals surface area contributed by atoms with Crippen LogP contribution >= 0.6 is 0 Å². The lowest BCUT2D eigenvalue weighted by Gasteiger charge is -2.11. The van der Waals surface area contributed by atoms with E-state index in [0.29, 0.717) is 38.0 Å². The summed E-state index contributed by atoms with van der Waals surface area (Å²) in [6.07, 6.45) is 4.44. The Hall–Kier alpha value is -1.10. The van der Waals surface area contributed by atoms with E-state index >= 15 is 0 Å². The zero-order chi connectivity index (χ0) is 13.4. The molecule has 0 aliphatic heterocycles. The quantitative estimate of drug-likeness (QED) is 0.527. The lowest BCUT2D eigenvalue weighted by atomic mass is 10.2. The van der Waals surface area contributed by atoms with Crippen LogP contribution in [-0.2, 0) is 9.59 Å². The van der Waals surface area contributed by atoms with Crippen molar-refractivity contribution in [1.29, 1.82) is 0 Å². The molecule has 5 nitrogen and oxygen atoms in total. The Morgan fingerprint density at radius 1 is 1.28 bits per heavy atom. The summed E-state index contributed by atoms with van der Waals surface area (Å²) in [6.45, 7) is 5.05. The summed E-state index contributed by atoms with van der Waals surface area (Å²) in [5.74, 6) is 0.0994. The highest BCUT2D eigenvalue weighted by Crippen LogP contribution is 2.18. The van der Waals surface area contributed by atoms with Gasteiger partial charge in [-0.1, -0.05) is 6.92 Å². The predicted molar refractivity (Wildman–Crippen MR) is 71.2 cm³/mol. The Morgan fingerprint density at radius 3 is 2.61 bits per heavy atom. The average molecular weight is 255 g/mol. The average Bonchev–Trinajstić information content (AvgIpc) is 3.15. The van der Waals surface area contributed by atoms with E-state index in [1.165, 1.54) is 0 Å². The third-order valence-electron chi connectivity index (χ3n) is 3.07. The van der Waals surface area contributed by atoms with Crippen LogP contribution < -0.4 is 16.0 Å². The summed E-state index contributed by atoms with van der Waals surface area (Å²) in [4.78, 5) is 22.8. The maximum absolute atomic E-state index is 11.4. The molecule has 0 saturated heterocycles. The molecule has 0 aromatic heterocycles. The smallest absolute Gasteiger partial charge is 0.233 e. The standard InChI is InChI=1S/C13H25N3O2/c1-3-10(2)15-9-13(18)14-8-4-5-12(17)16-11-6-7-11/h10-11,15H,3-9H2,1-2H3,(H,14,18)(H,16,17). The first-order chi connectivity index (χ1) is 8.61. The van der Waals surface area contributed by atoms with Crippen molar-refractivity contribution in [3.05, 3.63) is 0 Å². The van der Waals surface area contributed by atoms with Crippen LogP contribution in [0.25, 0.3) is 0 Å². The molecule has 1 fully saturated rings. The molecule has 104 valence electrons. The van der Waals surface area contributed by atoms with Crippen LogP contribution in [0.3, 0.4) is 0 Å². The molecule has 0 aromatic rings. The normalized spacial score (nSPS) is 16.1. The highest BCUT2D eigenvalue weighted by molar-refractivity contribution is 5.78. The van der Waals surface area contributed by atoms with Gasteiger partial charge in [-0.15, -0.1) is 0 Å². The zero-order valence-corrected chi connectivity index (χ0v) is 11.4. The van der Waals surface area contributed by atoms with Gasteiger partial charge in [0, 0.05) is 25.0 Å². The van der Waals surface area contributed by atoms with E-state index in [1.54, 1.807) is 0 Å². The third-order valence-corrected chi connectivity index (χ3v) is 3.07. The van der Waals surface area contributed by atoms with Crippen molar-refractivity contribution < 1.29 is 9.59 Å². The molecule has 1 unspecified atom stereocenters. The number of carbonyl (C=O) groups excluding carboxylic acids is 2. The van der Waals surface area contributed by atoms with Crippen molar-refractivity contribution in [3.63, 3.8) is 0 Å². The van der Waals surface area contributed by atoms with Crippen LogP contribution in [0, 0.1) is 0 Å². The molecule has 2 amide bonds. The summed E-state index contributed by atoms with van der Waals surface area (Å²) in [7, 11) is 0. The molecule has 0 bridgehead atoms. The predicted octanol–water partition coefficient (Wildman–Crippen LogP) is 0.550. The Morgan fingerprint density at radius 2 is 2.00 bits per heavy atom. The Balaban J connectivity index is 1.92. The van der Waals surface area contributed by atoms with Crippen molar-refractivity contribution in [1.82, 2.24) is 16.0 Å². The largest absolute Gasteiger partial charge is 0.355 e. The SMILES string of the molecule is CCC(C)NCC(=O)NCCCC(=O)NC1CC1. The minimum absolute atomic E-state index is 0.00194. The fourth-order valence-corrected chi connectivity index (χ4v) is 1.48. The van der Waals surface area contributed by atoms with Gasteiger partial charge in [0.15, 0.2) is 0 Å². The van der Waals surface area contributed by atoms with Crippen LogP contribution in [0.4, 0.5) is 0 Å². The van der Waals surface area contributed by atoms with Crippen LogP contribution in [0.15, 0.2) is 0 Å². The highest BCUT2D eigenvalue weighted by Gasteiger charge is 2.22. The minimum Gasteiger partial charge on any atom is -0.355 e. The van der Waals surface area contributed by atoms with Crippen LogP contribution in [-0.4, -0.2) is 37.0 Å². The molecule has 1 atom stereocenters. The van der Waals surface area contributed by atoms with E-state index in [0.717, 1.165) is 19.3 Å². The fourth-order valence-electron chi connectivity index (χ4n) is 1.48. The van der Waals surface area contributed by atoms with Gasteiger partial charge >= 0.3 is 0 Å². The van der Waals surface area contributed by atoms with E-state index in [-0.39, 0.29) is 11.8 Å². The molecular weight excluding hydrogens is 230 g/mol. The van der Waals surface area contributed by atoms with Crippen LogP contribution in [0.5, 0.6) is 0 Å². The second-order valence-corrected chi connectivity index (χ2v) is 4.99. The van der Waals surface area contributed by atoms with Gasteiger partial charge in [-0.3, -0.25) is 9.59 Å². The third kappa shape index (κ3) is 7.27. The maximum atomic E-state index is 11.4. The van der Waals surface area contributed by atoms with Crippen molar-refractivity contribution in [2.24, 2.45) is 0 Å². The number of carbonyl (C=O) groups is 2. The topological polar surface area (TPSA) is 70.2 Å². The Bertz CT molecular complexity index is 277. The van der Waals surface area contributed by atoms with Crippen LogP contribution in [0.1, 0.15) is 46.0 Å². The molecule has 1 rings (SSSR count). The molecule has 5 heteroatoms. The Kier molecular flexibility index (Phi) is 6.72. The van der Waals surface area contributed by atoms with Gasteiger partial charge in [-0.2, -0.15) is 0 Å². The van der Waals surface area contributed by atoms with Gasteiger partial charge in [0.1, 0.15) is 0 Å². The van der Waals surface area contributed by atoms with Crippen molar-refractivity contribution >= 4 is 11.8 Å². The fraction of sp³-hybridized carbons (Fsp3) is 0.846. The van der Waals surface area contributed by atoms with Crippen molar-refractivity contribution in [2.75, 3.05) is 13.1 Å². The molecular formula is C13H25N3O2. The van der Waals surface area contributed by atoms with Gasteiger partial charge in [0.2, 0.25) is 11.8 Å². The molecule has 3 N–H and O–H groups in total. The van der Waals surface area contributed by atoms with Crippen molar-refractivity contribution in [2.45, 2.75) is 58.0 Å². The first-order valence-corrected chi connectivity index (χ1v) is 6.91. The van der Waals surface area contributed by atoms with Gasteiger partial charge in [0.05, 0.1) is 6.54 Å². The summed E-state index contributed by atoms with van der Waals surface area (Å²) >= 11 is 0. The van der Waals surface area contributed by atoms with E-state index in [9.17, 15) is 9.59 Å². The van der Waals surface area contributed by atoms with E-state index in [1.807, 2.05) is 0 Å². The van der Waals surface area contributed by atoms with Gasteiger partial charge < -0.3 is 16.0 Å². The summed E-state index contributed by atoms with van der Waals surface area (Å²) in [6, 6.07) is 0.784. The number of hydrogen-bond donors (Lipinski definition) is 3. The molecule has 0 aromatic carbocycles. The monoisotopic (exact) mass is 255 g/mol. The number of nitrogens with one attached hydrogen (secondary N) is 3. The maximum Gasteiger partial charge on any atom is 0.233 e. The molecule has 0 heterocycles. The Labute approximate surface area is 109 Å². The number of amides is 2. The second kappa shape index (κ2) is 8.08. The zero-order valence-electron chi connectivity index (χ0n) is 11.4. The summed E-state index contributed by atoms with van der Waals surface area (Å²) in [5.41, 5.74) is 0. The van der Waals surface area contributed by atoms with Gasteiger partial charge in [0.25, 0.3) is 0 Å². The van der Waals surface area contributed by atoms with E-state index in [4.69, 9.17) is 0 Å². The molecule has 1 aliphatic rings. The molecule has 1 aliphatic carbocycles. The first kappa shape index (κ1) is 15.0. The molecule has 18 heavy (non-hydrogen) atoms. The summed E-state index contributed by atoms with van der Waals surface area (Å²) < 4.78 is 0. The minimum atomic E-state index is -0.00194. The number of hydrogen-bond acceptors (Lipinski definition) is 3. The van der Waals surface area contributed by atoms with Crippen LogP contribution in [0.2, 0.25) is 0 Å². The first-order valence-electron chi connectivity index (χ1n) is 6.91. The number of rotatable bonds is 9. The van der Waals surface area contributed by atoms with Crippen molar-refractivity contribution in [3.8, 4) is 0 Å². The highest BCUT2D eigenvalue weighted by atomic mass is 16.2. The lowest BCUT2D eigenvalue weighted by Crippen LogP contribution is -2.38. The van der Waals surface area contributed by atoms with Gasteiger partial charge in [-0.05, 0) is 32.6 Å². The van der Waals surface area contributed by atoms with E-state index in [2.05, 4.69) is 29.8 Å². The summed E-state index contributed by atoms with van der Waals surface area (Å²) in [5, 5.41) is 8.86. The molecule has 0 radical (unpaired) electrons. The van der Waals surface area contributed by atoms with Gasteiger partial charge in [-0.25, -0.2) is 0 Å². The molecule has 0 spiro atoms. The van der Waals surface area contributed by atoms with E-state index < -0.39 is 0 Å². The second-order valence-electron chi connectivity index (χ2n) is 4.99.